The number of carbonyl (C=O) groups is 1. The maximum absolute atomic E-state index is 12.8. The standard InChI is InChI=1S/C21H24F3NO5/c22-21(23,24)14-4-1-3-12(9-14)18(26)7-6-13-10-15-16(20(13)29)11-17(15)25-30-8-2-5-19(27)28/h1,3-4,6-7,9,13,15-16,18,20,26,29H,2,5,8,10-11H2,(H,27,28)/t13?,15-,16+,18?,20?/m0/s1. The van der Waals surface area contributed by atoms with E-state index in [0.717, 1.165) is 17.8 Å². The normalized spacial score (nSPS) is 28.4. The predicted octanol–water partition coefficient (Wildman–Crippen LogP) is 3.55. The van der Waals surface area contributed by atoms with Gasteiger partial charge in [-0.15, -0.1) is 0 Å². The summed E-state index contributed by atoms with van der Waals surface area (Å²) in [5.41, 5.74) is 0.132. The van der Waals surface area contributed by atoms with Crippen LogP contribution in [0.25, 0.3) is 0 Å². The SMILES string of the molecule is O=C(O)CCCON=C1C[C@H]2C(O)C(C=CC(O)c3cccc(C(F)(F)F)c3)C[C@H]12. The number of hydrogen-bond acceptors (Lipinski definition) is 5. The first-order chi connectivity index (χ1) is 14.2. The molecule has 3 N–H and O–H groups in total. The molecule has 30 heavy (non-hydrogen) atoms. The summed E-state index contributed by atoms with van der Waals surface area (Å²) < 4.78 is 38.5. The third-order valence-electron chi connectivity index (χ3n) is 5.70. The van der Waals surface area contributed by atoms with Crippen molar-refractivity contribution < 1.29 is 38.1 Å². The highest BCUT2D eigenvalue weighted by Gasteiger charge is 2.51. The third kappa shape index (κ3) is 5.20. The summed E-state index contributed by atoms with van der Waals surface area (Å²) in [5, 5.41) is 33.3. The Kier molecular flexibility index (Phi) is 6.82. The van der Waals surface area contributed by atoms with Gasteiger partial charge < -0.3 is 20.2 Å². The Labute approximate surface area is 171 Å². The monoisotopic (exact) mass is 427 g/mol. The van der Waals surface area contributed by atoms with Gasteiger partial charge in [0.2, 0.25) is 0 Å². The van der Waals surface area contributed by atoms with Crippen molar-refractivity contribution in [1.82, 2.24) is 0 Å². The molecule has 0 aromatic heterocycles. The van der Waals surface area contributed by atoms with Gasteiger partial charge in [0.05, 0.1) is 23.5 Å². The second-order valence-electron chi connectivity index (χ2n) is 7.73. The van der Waals surface area contributed by atoms with E-state index in [1.54, 1.807) is 6.08 Å². The van der Waals surface area contributed by atoms with E-state index in [-0.39, 0.29) is 36.3 Å². The van der Waals surface area contributed by atoms with Crippen molar-refractivity contribution in [2.75, 3.05) is 6.61 Å². The number of rotatable bonds is 8. The van der Waals surface area contributed by atoms with Crippen LogP contribution >= 0.6 is 0 Å². The summed E-state index contributed by atoms with van der Waals surface area (Å²) in [6.07, 6.45) is -1.67. The molecule has 0 aliphatic heterocycles. The minimum atomic E-state index is -4.48. The summed E-state index contributed by atoms with van der Waals surface area (Å²) >= 11 is 0. The lowest BCUT2D eigenvalue weighted by atomic mass is 9.73. The van der Waals surface area contributed by atoms with Crippen molar-refractivity contribution >= 4 is 11.7 Å². The molecule has 0 bridgehead atoms. The first-order valence-corrected chi connectivity index (χ1v) is 9.79. The Bertz CT molecular complexity index is 823. The fraction of sp³-hybridized carbons (Fsp3) is 0.524. The van der Waals surface area contributed by atoms with E-state index < -0.39 is 29.9 Å². The zero-order valence-electron chi connectivity index (χ0n) is 16.1. The maximum atomic E-state index is 12.8. The van der Waals surface area contributed by atoms with E-state index in [0.29, 0.717) is 19.3 Å². The molecule has 0 amide bonds. The highest BCUT2D eigenvalue weighted by molar-refractivity contribution is 5.93. The number of carboxylic acid groups (broad SMARTS) is 1. The van der Waals surface area contributed by atoms with Crippen molar-refractivity contribution in [3.63, 3.8) is 0 Å². The van der Waals surface area contributed by atoms with Crippen LogP contribution in [0.15, 0.2) is 41.6 Å². The van der Waals surface area contributed by atoms with Crippen LogP contribution in [0.3, 0.4) is 0 Å². The lowest BCUT2D eigenvalue weighted by Gasteiger charge is -2.33. The van der Waals surface area contributed by atoms with Gasteiger partial charge in [-0.05, 0) is 42.9 Å². The molecule has 0 radical (unpaired) electrons. The molecule has 2 aliphatic rings. The summed E-state index contributed by atoms with van der Waals surface area (Å²) in [7, 11) is 0. The summed E-state index contributed by atoms with van der Waals surface area (Å²) in [6, 6.07) is 4.53. The molecule has 3 rings (SSSR count). The lowest BCUT2D eigenvalue weighted by Crippen LogP contribution is -2.38. The number of carboxylic acids is 1. The predicted molar refractivity (Wildman–Crippen MR) is 102 cm³/mol. The number of aliphatic hydroxyl groups excluding tert-OH is 2. The molecule has 1 aromatic carbocycles. The third-order valence-corrected chi connectivity index (χ3v) is 5.70. The zero-order chi connectivity index (χ0) is 21.9. The van der Waals surface area contributed by atoms with Crippen molar-refractivity contribution in [3.05, 3.63) is 47.5 Å². The molecule has 0 spiro atoms. The van der Waals surface area contributed by atoms with E-state index in [9.17, 15) is 28.2 Å². The number of benzene rings is 1. The van der Waals surface area contributed by atoms with E-state index in [1.807, 2.05) is 0 Å². The van der Waals surface area contributed by atoms with Gasteiger partial charge in [0, 0.05) is 18.3 Å². The van der Waals surface area contributed by atoms with Crippen molar-refractivity contribution in [1.29, 1.82) is 0 Å². The molecule has 2 fully saturated rings. The molecule has 2 aliphatic carbocycles. The van der Waals surface area contributed by atoms with Crippen molar-refractivity contribution in [3.8, 4) is 0 Å². The quantitative estimate of drug-likeness (QED) is 0.335. The largest absolute Gasteiger partial charge is 0.481 e. The van der Waals surface area contributed by atoms with Gasteiger partial charge in [-0.3, -0.25) is 4.79 Å². The van der Waals surface area contributed by atoms with Gasteiger partial charge in [-0.2, -0.15) is 13.2 Å². The fourth-order valence-corrected chi connectivity index (χ4v) is 4.01. The topological polar surface area (TPSA) is 99.4 Å². The number of hydrogen-bond donors (Lipinski definition) is 3. The van der Waals surface area contributed by atoms with Gasteiger partial charge in [0.15, 0.2) is 0 Å². The average molecular weight is 427 g/mol. The van der Waals surface area contributed by atoms with Gasteiger partial charge in [-0.1, -0.05) is 29.4 Å². The van der Waals surface area contributed by atoms with Gasteiger partial charge in [0.25, 0.3) is 0 Å². The number of halogens is 3. The molecular weight excluding hydrogens is 403 g/mol. The van der Waals surface area contributed by atoms with Crippen LogP contribution in [0.2, 0.25) is 0 Å². The van der Waals surface area contributed by atoms with Crippen LogP contribution in [-0.2, 0) is 15.8 Å². The molecule has 5 atom stereocenters. The Morgan fingerprint density at radius 2 is 2.13 bits per heavy atom. The van der Waals surface area contributed by atoms with Crippen molar-refractivity contribution in [2.24, 2.45) is 22.9 Å². The molecule has 9 heteroatoms. The van der Waals surface area contributed by atoms with Crippen LogP contribution < -0.4 is 0 Å². The highest BCUT2D eigenvalue weighted by Crippen LogP contribution is 2.48. The summed E-state index contributed by atoms with van der Waals surface area (Å²) in [6.45, 7) is 0.211. The number of fused-ring (bicyclic) bond motifs is 1. The molecule has 0 saturated heterocycles. The Balaban J connectivity index is 1.54. The van der Waals surface area contributed by atoms with E-state index in [2.05, 4.69) is 5.16 Å². The van der Waals surface area contributed by atoms with Crippen molar-refractivity contribution in [2.45, 2.75) is 44.1 Å². The van der Waals surface area contributed by atoms with Crippen LogP contribution in [0.1, 0.15) is 42.9 Å². The minimum Gasteiger partial charge on any atom is -0.481 e. The van der Waals surface area contributed by atoms with E-state index >= 15 is 0 Å². The van der Waals surface area contributed by atoms with Crippen LogP contribution in [-0.4, -0.2) is 39.7 Å². The van der Waals surface area contributed by atoms with Crippen LogP contribution in [0.4, 0.5) is 13.2 Å². The van der Waals surface area contributed by atoms with Gasteiger partial charge >= 0.3 is 12.1 Å². The number of aliphatic carboxylic acids is 1. The Morgan fingerprint density at radius 1 is 1.37 bits per heavy atom. The molecule has 2 saturated carbocycles. The lowest BCUT2D eigenvalue weighted by molar-refractivity contribution is -0.138. The molecular formula is C21H24F3NO5. The molecule has 3 unspecified atom stereocenters. The minimum absolute atomic E-state index is 0.0106. The number of aliphatic hydroxyl groups is 2. The van der Waals surface area contributed by atoms with E-state index in [1.165, 1.54) is 18.2 Å². The molecule has 1 aromatic rings. The molecule has 0 heterocycles. The highest BCUT2D eigenvalue weighted by atomic mass is 19.4. The number of oxime groups is 1. The first kappa shape index (κ1) is 22.3. The van der Waals surface area contributed by atoms with Gasteiger partial charge in [-0.25, -0.2) is 0 Å². The fourth-order valence-electron chi connectivity index (χ4n) is 4.01. The Hall–Kier alpha value is -2.39. The molecule has 164 valence electrons. The van der Waals surface area contributed by atoms with Crippen LogP contribution in [0, 0.1) is 17.8 Å². The second-order valence-corrected chi connectivity index (χ2v) is 7.73. The van der Waals surface area contributed by atoms with Gasteiger partial charge in [0.1, 0.15) is 6.61 Å². The summed E-state index contributed by atoms with van der Waals surface area (Å²) in [4.78, 5) is 15.6. The maximum Gasteiger partial charge on any atom is 0.416 e. The Morgan fingerprint density at radius 3 is 2.83 bits per heavy atom. The molecule has 6 nitrogen and oxygen atoms in total. The number of alkyl halides is 3. The number of nitrogens with zero attached hydrogens (tertiary/aromatic N) is 1. The first-order valence-electron chi connectivity index (χ1n) is 9.79. The summed E-state index contributed by atoms with van der Waals surface area (Å²) in [5.74, 6) is -1.04. The smallest absolute Gasteiger partial charge is 0.416 e. The zero-order valence-corrected chi connectivity index (χ0v) is 16.1. The second kappa shape index (κ2) is 9.18. The average Bonchev–Trinajstić information content (AvgIpc) is 2.92. The van der Waals surface area contributed by atoms with Crippen LogP contribution in [0.5, 0.6) is 0 Å². The van der Waals surface area contributed by atoms with E-state index in [4.69, 9.17) is 9.94 Å².